The van der Waals surface area contributed by atoms with Crippen LogP contribution in [0.2, 0.25) is 18.1 Å². The Kier molecular flexibility index (Phi) is 5.47. The molecule has 0 radical (unpaired) electrons. The zero-order chi connectivity index (χ0) is 12.3. The molecule has 90 valence electrons. The van der Waals surface area contributed by atoms with Crippen molar-refractivity contribution in [1.82, 2.24) is 0 Å². The maximum absolute atomic E-state index is 10.6. The van der Waals surface area contributed by atoms with E-state index in [9.17, 15) is 9.90 Å². The van der Waals surface area contributed by atoms with Gasteiger partial charge in [-0.3, -0.25) is 4.79 Å². The van der Waals surface area contributed by atoms with Gasteiger partial charge in [0.1, 0.15) is 6.10 Å². The van der Waals surface area contributed by atoms with E-state index in [1.807, 2.05) is 0 Å². The maximum atomic E-state index is 10.6. The number of rotatable bonds is 5. The van der Waals surface area contributed by atoms with Crippen molar-refractivity contribution in [2.24, 2.45) is 0 Å². The van der Waals surface area contributed by atoms with Crippen molar-refractivity contribution in [3.8, 4) is 0 Å². The topological polar surface area (TPSA) is 46.5 Å². The number of hydrogen-bond donors (Lipinski definition) is 1. The van der Waals surface area contributed by atoms with Gasteiger partial charge in [-0.1, -0.05) is 20.8 Å². The van der Waals surface area contributed by atoms with Gasteiger partial charge in [0.05, 0.1) is 0 Å². The van der Waals surface area contributed by atoms with E-state index in [4.69, 9.17) is 16.0 Å². The second-order valence-corrected chi connectivity index (χ2v) is 10.4. The molecule has 1 N–H and O–H groups in total. The van der Waals surface area contributed by atoms with Crippen LogP contribution in [0.15, 0.2) is 0 Å². The van der Waals surface area contributed by atoms with Gasteiger partial charge in [0.25, 0.3) is 0 Å². The molecule has 0 spiro atoms. The van der Waals surface area contributed by atoms with Gasteiger partial charge in [-0.15, -0.1) is 0 Å². The molecule has 0 heterocycles. The molecule has 0 aromatic rings. The van der Waals surface area contributed by atoms with Crippen molar-refractivity contribution >= 4 is 25.2 Å². The van der Waals surface area contributed by atoms with Crippen LogP contribution in [-0.4, -0.2) is 31.4 Å². The van der Waals surface area contributed by atoms with Gasteiger partial charge in [0.2, 0.25) is 5.24 Å². The summed E-state index contributed by atoms with van der Waals surface area (Å²) in [5.74, 6) is 0. The lowest BCUT2D eigenvalue weighted by Crippen LogP contribution is -2.41. The number of halogens is 1. The van der Waals surface area contributed by atoms with Gasteiger partial charge in [-0.2, -0.15) is 0 Å². The molecule has 5 heteroatoms. The Balaban J connectivity index is 4.01. The number of aliphatic hydroxyl groups is 1. The molecule has 0 bridgehead atoms. The zero-order valence-electron chi connectivity index (χ0n) is 10.1. The summed E-state index contributed by atoms with van der Waals surface area (Å²) in [6.45, 7) is 11.1. The van der Waals surface area contributed by atoms with Crippen LogP contribution in [0.5, 0.6) is 0 Å². The lowest BCUT2D eigenvalue weighted by molar-refractivity contribution is -0.119. The van der Waals surface area contributed by atoms with Gasteiger partial charge in [0, 0.05) is 13.0 Å². The summed E-state index contributed by atoms with van der Waals surface area (Å²) in [6, 6.07) is 0. The van der Waals surface area contributed by atoms with Crippen LogP contribution >= 0.6 is 11.6 Å². The lowest BCUT2D eigenvalue weighted by atomic mass is 10.2. The van der Waals surface area contributed by atoms with E-state index in [1.54, 1.807) is 0 Å². The van der Waals surface area contributed by atoms with E-state index in [0.717, 1.165) is 0 Å². The van der Waals surface area contributed by atoms with Crippen molar-refractivity contribution in [3.05, 3.63) is 0 Å². The molecule has 0 aromatic carbocycles. The molecule has 1 unspecified atom stereocenters. The van der Waals surface area contributed by atoms with Crippen LogP contribution in [0, 0.1) is 0 Å². The van der Waals surface area contributed by atoms with E-state index in [1.165, 1.54) is 0 Å². The highest BCUT2D eigenvalue weighted by atomic mass is 35.5. The highest BCUT2D eigenvalue weighted by molar-refractivity contribution is 6.74. The van der Waals surface area contributed by atoms with Crippen molar-refractivity contribution in [2.75, 3.05) is 6.61 Å². The summed E-state index contributed by atoms with van der Waals surface area (Å²) < 4.78 is 5.78. The van der Waals surface area contributed by atoms with Gasteiger partial charge < -0.3 is 9.53 Å². The molecule has 0 aliphatic carbocycles. The van der Waals surface area contributed by atoms with E-state index >= 15 is 0 Å². The number of hydrogen-bond acceptors (Lipinski definition) is 3. The summed E-state index contributed by atoms with van der Waals surface area (Å²) in [6.07, 6.45) is -0.828. The highest BCUT2D eigenvalue weighted by Crippen LogP contribution is 2.36. The van der Waals surface area contributed by atoms with Crippen LogP contribution in [0.3, 0.4) is 0 Å². The minimum Gasteiger partial charge on any atom is -0.417 e. The molecule has 0 aliphatic heterocycles. The Bertz CT molecular complexity index is 223. The minimum atomic E-state index is -1.77. The van der Waals surface area contributed by atoms with Gasteiger partial charge >= 0.3 is 0 Å². The minimum absolute atomic E-state index is 0.142. The monoisotopic (exact) mass is 252 g/mol. The third kappa shape index (κ3) is 5.11. The molecule has 0 aliphatic rings. The fourth-order valence-electron chi connectivity index (χ4n) is 0.756. The van der Waals surface area contributed by atoms with Crippen LogP contribution in [-0.2, 0) is 9.22 Å². The van der Waals surface area contributed by atoms with Gasteiger partial charge in [0.15, 0.2) is 8.32 Å². The third-order valence-corrected chi connectivity index (χ3v) is 7.71. The van der Waals surface area contributed by atoms with Crippen LogP contribution in [0.4, 0.5) is 0 Å². The maximum Gasteiger partial charge on any atom is 0.250 e. The Morgan fingerprint density at radius 3 is 2.27 bits per heavy atom. The third-order valence-electron chi connectivity index (χ3n) is 2.92. The molecular formula is C10H21ClO3Si. The fourth-order valence-corrected chi connectivity index (χ4v) is 1.93. The molecular weight excluding hydrogens is 232 g/mol. The normalized spacial score (nSPS) is 15.1. The summed E-state index contributed by atoms with van der Waals surface area (Å²) >= 11 is 5.14. The van der Waals surface area contributed by atoms with E-state index < -0.39 is 19.7 Å². The van der Waals surface area contributed by atoms with Gasteiger partial charge in [-0.05, 0) is 29.7 Å². The predicted octanol–water partition coefficient (Wildman–Crippen LogP) is 2.52. The van der Waals surface area contributed by atoms with Crippen molar-refractivity contribution in [3.63, 3.8) is 0 Å². The first kappa shape index (κ1) is 15.1. The zero-order valence-corrected chi connectivity index (χ0v) is 11.9. The standard InChI is InChI=1S/C10H21ClO3Si/c1-10(2,3)15(4,5)14-7-6-8(12)9(11)13/h8,12H,6-7H2,1-5H3. The highest BCUT2D eigenvalue weighted by Gasteiger charge is 2.37. The first-order valence-electron chi connectivity index (χ1n) is 5.09. The Morgan fingerprint density at radius 2 is 1.93 bits per heavy atom. The molecule has 3 nitrogen and oxygen atoms in total. The average molecular weight is 253 g/mol. The molecule has 0 saturated heterocycles. The lowest BCUT2D eigenvalue weighted by Gasteiger charge is -2.36. The number of carbonyl (C=O) groups is 1. The first-order chi connectivity index (χ1) is 6.58. The van der Waals surface area contributed by atoms with E-state index in [0.29, 0.717) is 6.61 Å². The molecule has 0 fully saturated rings. The van der Waals surface area contributed by atoms with Crippen molar-refractivity contribution in [1.29, 1.82) is 0 Å². The largest absolute Gasteiger partial charge is 0.417 e. The summed E-state index contributed by atoms with van der Waals surface area (Å²) in [4.78, 5) is 10.6. The second kappa shape index (κ2) is 5.43. The summed E-state index contributed by atoms with van der Waals surface area (Å²) in [5, 5.41) is 8.61. The molecule has 0 amide bonds. The Hall–Kier alpha value is 0.0969. The van der Waals surface area contributed by atoms with Crippen LogP contribution in [0.25, 0.3) is 0 Å². The second-order valence-electron chi connectivity index (χ2n) is 5.22. The summed E-state index contributed by atoms with van der Waals surface area (Å²) in [7, 11) is -1.77. The molecule has 0 rings (SSSR count). The number of carbonyl (C=O) groups excluding carboxylic acids is 1. The molecule has 15 heavy (non-hydrogen) atoms. The molecule has 1 atom stereocenters. The van der Waals surface area contributed by atoms with E-state index in [2.05, 4.69) is 33.9 Å². The number of aliphatic hydroxyl groups excluding tert-OH is 1. The fraction of sp³-hybridized carbons (Fsp3) is 0.900. The quantitative estimate of drug-likeness (QED) is 0.604. The molecule has 0 saturated carbocycles. The average Bonchev–Trinajstić information content (AvgIpc) is 2.01. The summed E-state index contributed by atoms with van der Waals surface area (Å²) in [5.41, 5.74) is 0. The Labute approximate surface area is 97.9 Å². The predicted molar refractivity (Wildman–Crippen MR) is 64.6 cm³/mol. The smallest absolute Gasteiger partial charge is 0.250 e. The Morgan fingerprint density at radius 1 is 1.47 bits per heavy atom. The first-order valence-corrected chi connectivity index (χ1v) is 8.38. The SMILES string of the molecule is CC(C)(C)[Si](C)(C)OCCC(O)C(=O)Cl. The van der Waals surface area contributed by atoms with Crippen LogP contribution < -0.4 is 0 Å². The van der Waals surface area contributed by atoms with Gasteiger partial charge in [-0.25, -0.2) is 0 Å². The van der Waals surface area contributed by atoms with Crippen molar-refractivity contribution < 1.29 is 14.3 Å². The van der Waals surface area contributed by atoms with E-state index in [-0.39, 0.29) is 11.5 Å². The van der Waals surface area contributed by atoms with Crippen molar-refractivity contribution in [2.45, 2.75) is 51.4 Å². The van der Waals surface area contributed by atoms with Crippen LogP contribution in [0.1, 0.15) is 27.2 Å². The molecule has 0 aromatic heterocycles.